The van der Waals surface area contributed by atoms with E-state index in [1.165, 1.54) is 23.3 Å². The van der Waals surface area contributed by atoms with Gasteiger partial charge in [-0.2, -0.15) is 0 Å². The molecule has 5 heteroatoms. The molecule has 25 heavy (non-hydrogen) atoms. The van der Waals surface area contributed by atoms with E-state index in [9.17, 15) is 9.59 Å². The molecule has 0 spiro atoms. The average molecular weight is 361 g/mol. The zero-order valence-corrected chi connectivity index (χ0v) is 15.8. The molecule has 2 amide bonds. The van der Waals surface area contributed by atoms with E-state index in [-0.39, 0.29) is 17.7 Å². The van der Waals surface area contributed by atoms with E-state index >= 15 is 0 Å². The second-order valence-electron chi connectivity index (χ2n) is 7.17. The minimum absolute atomic E-state index is 0.0392. The van der Waals surface area contributed by atoms with Crippen LogP contribution in [0.3, 0.4) is 0 Å². The van der Waals surface area contributed by atoms with Gasteiger partial charge < -0.3 is 10.2 Å². The number of hydrogen-bond acceptors (Lipinski definition) is 3. The summed E-state index contributed by atoms with van der Waals surface area (Å²) in [7, 11) is 0. The first kappa shape index (κ1) is 18.3. The second kappa shape index (κ2) is 8.75. The maximum atomic E-state index is 12.5. The Morgan fingerprint density at radius 2 is 1.92 bits per heavy atom. The van der Waals surface area contributed by atoms with Crippen molar-refractivity contribution in [2.24, 2.45) is 5.92 Å². The SMILES string of the molecule is Cc1ccc(SCCNC(=O)C2CCC(=O)N(C3CCCC3)C2)cc1. The maximum Gasteiger partial charge on any atom is 0.224 e. The van der Waals surface area contributed by atoms with Crippen molar-refractivity contribution in [3.63, 3.8) is 0 Å². The highest BCUT2D eigenvalue weighted by Crippen LogP contribution is 2.28. The van der Waals surface area contributed by atoms with Crippen molar-refractivity contribution in [1.29, 1.82) is 0 Å². The van der Waals surface area contributed by atoms with Gasteiger partial charge in [-0.3, -0.25) is 9.59 Å². The molecule has 1 atom stereocenters. The summed E-state index contributed by atoms with van der Waals surface area (Å²) in [5, 5.41) is 3.06. The molecule has 0 radical (unpaired) electrons. The number of hydrogen-bond donors (Lipinski definition) is 1. The Hall–Kier alpha value is -1.49. The summed E-state index contributed by atoms with van der Waals surface area (Å²) in [6.45, 7) is 3.37. The van der Waals surface area contributed by atoms with Gasteiger partial charge in [0.1, 0.15) is 0 Å². The molecule has 1 N–H and O–H groups in total. The summed E-state index contributed by atoms with van der Waals surface area (Å²) in [6.07, 6.45) is 5.84. The number of piperidine rings is 1. The molecule has 1 heterocycles. The molecule has 136 valence electrons. The fourth-order valence-corrected chi connectivity index (χ4v) is 4.54. The van der Waals surface area contributed by atoms with Crippen LogP contribution in [-0.2, 0) is 9.59 Å². The highest BCUT2D eigenvalue weighted by Gasteiger charge is 2.34. The van der Waals surface area contributed by atoms with E-state index in [0.717, 1.165) is 18.6 Å². The number of nitrogens with zero attached hydrogens (tertiary/aromatic N) is 1. The minimum atomic E-state index is -0.0392. The van der Waals surface area contributed by atoms with E-state index in [1.54, 1.807) is 11.8 Å². The Morgan fingerprint density at radius 3 is 2.64 bits per heavy atom. The molecular formula is C20H28N2O2S. The lowest BCUT2D eigenvalue weighted by Crippen LogP contribution is -2.49. The van der Waals surface area contributed by atoms with Crippen molar-refractivity contribution in [1.82, 2.24) is 10.2 Å². The van der Waals surface area contributed by atoms with Gasteiger partial charge in [-0.15, -0.1) is 11.8 Å². The number of thioether (sulfide) groups is 1. The van der Waals surface area contributed by atoms with Crippen LogP contribution in [0.4, 0.5) is 0 Å². The van der Waals surface area contributed by atoms with Gasteiger partial charge in [-0.25, -0.2) is 0 Å². The van der Waals surface area contributed by atoms with Crippen LogP contribution in [-0.4, -0.2) is 41.6 Å². The van der Waals surface area contributed by atoms with Gasteiger partial charge in [-0.1, -0.05) is 30.5 Å². The van der Waals surface area contributed by atoms with Crippen molar-refractivity contribution in [2.75, 3.05) is 18.8 Å². The molecule has 1 saturated carbocycles. The average Bonchev–Trinajstić information content (AvgIpc) is 3.15. The molecule has 1 aromatic carbocycles. The zero-order chi connectivity index (χ0) is 17.6. The molecule has 2 aliphatic rings. The van der Waals surface area contributed by atoms with E-state index < -0.39 is 0 Å². The van der Waals surface area contributed by atoms with Crippen LogP contribution in [0.15, 0.2) is 29.2 Å². The lowest BCUT2D eigenvalue weighted by molar-refractivity contribution is -0.140. The summed E-state index contributed by atoms with van der Waals surface area (Å²) in [4.78, 5) is 27.9. The monoisotopic (exact) mass is 360 g/mol. The van der Waals surface area contributed by atoms with Crippen molar-refractivity contribution < 1.29 is 9.59 Å². The molecule has 3 rings (SSSR count). The highest BCUT2D eigenvalue weighted by atomic mass is 32.2. The summed E-state index contributed by atoms with van der Waals surface area (Å²) in [6, 6.07) is 8.83. The smallest absolute Gasteiger partial charge is 0.224 e. The number of aryl methyl sites for hydroxylation is 1. The number of rotatable bonds is 6. The lowest BCUT2D eigenvalue weighted by atomic mass is 9.95. The Labute approximate surface area is 154 Å². The molecule has 1 aliphatic carbocycles. The molecule has 1 aromatic rings. The molecule has 0 aromatic heterocycles. The van der Waals surface area contributed by atoms with Crippen LogP contribution in [0.5, 0.6) is 0 Å². The summed E-state index contributed by atoms with van der Waals surface area (Å²) in [5.41, 5.74) is 1.26. The first-order valence-corrected chi connectivity index (χ1v) is 10.4. The van der Waals surface area contributed by atoms with Gasteiger partial charge in [0.25, 0.3) is 0 Å². The van der Waals surface area contributed by atoms with Crippen LogP contribution in [0, 0.1) is 12.8 Å². The molecule has 4 nitrogen and oxygen atoms in total. The van der Waals surface area contributed by atoms with Gasteiger partial charge in [0, 0.05) is 36.2 Å². The number of likely N-dealkylation sites (tertiary alicyclic amines) is 1. The molecule has 1 aliphatic heterocycles. The normalized spacial score (nSPS) is 21.6. The Kier molecular flexibility index (Phi) is 6.40. The topological polar surface area (TPSA) is 49.4 Å². The largest absolute Gasteiger partial charge is 0.355 e. The Morgan fingerprint density at radius 1 is 1.20 bits per heavy atom. The van der Waals surface area contributed by atoms with Crippen LogP contribution in [0.1, 0.15) is 44.1 Å². The Bertz CT molecular complexity index is 596. The third-order valence-electron chi connectivity index (χ3n) is 5.27. The zero-order valence-electron chi connectivity index (χ0n) is 15.0. The van der Waals surface area contributed by atoms with E-state index in [2.05, 4.69) is 36.5 Å². The lowest BCUT2D eigenvalue weighted by Gasteiger charge is -2.36. The quantitative estimate of drug-likeness (QED) is 0.625. The predicted molar refractivity (Wildman–Crippen MR) is 102 cm³/mol. The van der Waals surface area contributed by atoms with Gasteiger partial charge in [0.15, 0.2) is 0 Å². The van der Waals surface area contributed by atoms with Crippen LogP contribution in [0.2, 0.25) is 0 Å². The summed E-state index contributed by atoms with van der Waals surface area (Å²) < 4.78 is 0. The van der Waals surface area contributed by atoms with Crippen LogP contribution in [0.25, 0.3) is 0 Å². The molecule has 2 fully saturated rings. The van der Waals surface area contributed by atoms with E-state index in [1.807, 2.05) is 4.90 Å². The first-order chi connectivity index (χ1) is 12.1. The number of benzene rings is 1. The standard InChI is InChI=1S/C20H28N2O2S/c1-15-6-9-18(10-7-15)25-13-12-21-20(24)16-8-11-19(23)22(14-16)17-4-2-3-5-17/h6-7,9-10,16-17H,2-5,8,11-14H2,1H3,(H,21,24). The molecule has 1 saturated heterocycles. The van der Waals surface area contributed by atoms with Gasteiger partial charge in [-0.05, 0) is 38.3 Å². The third kappa shape index (κ3) is 5.00. The van der Waals surface area contributed by atoms with Gasteiger partial charge >= 0.3 is 0 Å². The van der Waals surface area contributed by atoms with E-state index in [4.69, 9.17) is 0 Å². The van der Waals surface area contributed by atoms with Crippen molar-refractivity contribution in [3.05, 3.63) is 29.8 Å². The number of nitrogens with one attached hydrogen (secondary N) is 1. The number of carbonyl (C=O) groups is 2. The number of carbonyl (C=O) groups excluding carboxylic acids is 2. The second-order valence-corrected chi connectivity index (χ2v) is 8.34. The van der Waals surface area contributed by atoms with Crippen LogP contribution < -0.4 is 5.32 Å². The van der Waals surface area contributed by atoms with Crippen molar-refractivity contribution in [2.45, 2.75) is 56.4 Å². The summed E-state index contributed by atoms with van der Waals surface area (Å²) >= 11 is 1.76. The van der Waals surface area contributed by atoms with Crippen molar-refractivity contribution >= 4 is 23.6 Å². The molecule has 0 bridgehead atoms. The fraction of sp³-hybridized carbons (Fsp3) is 0.600. The highest BCUT2D eigenvalue weighted by molar-refractivity contribution is 7.99. The third-order valence-corrected chi connectivity index (χ3v) is 6.29. The fourth-order valence-electron chi connectivity index (χ4n) is 3.78. The van der Waals surface area contributed by atoms with Crippen molar-refractivity contribution in [3.8, 4) is 0 Å². The Balaban J connectivity index is 1.41. The number of amides is 2. The van der Waals surface area contributed by atoms with Gasteiger partial charge in [0.2, 0.25) is 11.8 Å². The van der Waals surface area contributed by atoms with E-state index in [0.29, 0.717) is 32.0 Å². The molecule has 1 unspecified atom stereocenters. The first-order valence-electron chi connectivity index (χ1n) is 9.40. The minimum Gasteiger partial charge on any atom is -0.355 e. The van der Waals surface area contributed by atoms with Gasteiger partial charge in [0.05, 0.1) is 5.92 Å². The van der Waals surface area contributed by atoms with Crippen LogP contribution >= 0.6 is 11.8 Å². The molecular weight excluding hydrogens is 332 g/mol. The predicted octanol–water partition coefficient (Wildman–Crippen LogP) is 3.38. The maximum absolute atomic E-state index is 12.5. The summed E-state index contributed by atoms with van der Waals surface area (Å²) in [5.74, 6) is 1.18.